The zero-order chi connectivity index (χ0) is 13.4. The van der Waals surface area contributed by atoms with Gasteiger partial charge in [0.1, 0.15) is 5.75 Å². The van der Waals surface area contributed by atoms with E-state index in [1.165, 1.54) is 19.3 Å². The summed E-state index contributed by atoms with van der Waals surface area (Å²) in [6.07, 6.45) is 3.98. The Balaban J connectivity index is 1.96. The lowest BCUT2D eigenvalue weighted by Crippen LogP contribution is -2.14. The van der Waals surface area contributed by atoms with E-state index in [1.54, 1.807) is 7.11 Å². The van der Waals surface area contributed by atoms with Crippen LogP contribution in [-0.2, 0) is 6.54 Å². The highest BCUT2D eigenvalue weighted by Crippen LogP contribution is 2.34. The number of rotatable bonds is 3. The van der Waals surface area contributed by atoms with Crippen molar-refractivity contribution in [1.29, 1.82) is 0 Å². The first-order valence-corrected chi connectivity index (χ1v) is 6.99. The van der Waals surface area contributed by atoms with Crippen molar-refractivity contribution in [3.8, 4) is 5.75 Å². The molecule has 1 fully saturated rings. The van der Waals surface area contributed by atoms with Crippen LogP contribution in [0.15, 0.2) is 18.2 Å². The first-order chi connectivity index (χ1) is 9.19. The molecule has 2 N–H and O–H groups in total. The molecule has 0 amide bonds. The summed E-state index contributed by atoms with van der Waals surface area (Å²) in [6, 6.07) is 5.97. The number of fused-ring (bicyclic) bond motifs is 1. The SMILES string of the molecule is COc1ccc2c(c1)nc(N)n2CC1CCCC1C. The Morgan fingerprint density at radius 3 is 2.95 bits per heavy atom. The van der Waals surface area contributed by atoms with Gasteiger partial charge in [0.25, 0.3) is 0 Å². The number of hydrogen-bond acceptors (Lipinski definition) is 3. The van der Waals surface area contributed by atoms with Gasteiger partial charge in [-0.25, -0.2) is 4.98 Å². The van der Waals surface area contributed by atoms with Crippen LogP contribution in [0.4, 0.5) is 5.95 Å². The van der Waals surface area contributed by atoms with Crippen LogP contribution >= 0.6 is 0 Å². The molecular formula is C15H21N3O. The van der Waals surface area contributed by atoms with Crippen molar-refractivity contribution in [1.82, 2.24) is 9.55 Å². The lowest BCUT2D eigenvalue weighted by Gasteiger charge is -2.17. The fourth-order valence-electron chi connectivity index (χ4n) is 3.18. The predicted octanol–water partition coefficient (Wildman–Crippen LogP) is 3.06. The molecule has 3 rings (SSSR count). The Bertz CT molecular complexity index is 590. The molecule has 0 spiro atoms. The van der Waals surface area contributed by atoms with Crippen LogP contribution in [0.3, 0.4) is 0 Å². The molecule has 102 valence electrons. The average Bonchev–Trinajstić information content (AvgIpc) is 2.94. The first-order valence-electron chi connectivity index (χ1n) is 6.99. The van der Waals surface area contributed by atoms with Crippen molar-refractivity contribution in [2.24, 2.45) is 11.8 Å². The van der Waals surface area contributed by atoms with Crippen molar-refractivity contribution in [3.05, 3.63) is 18.2 Å². The van der Waals surface area contributed by atoms with Gasteiger partial charge in [-0.05, 0) is 30.4 Å². The van der Waals surface area contributed by atoms with E-state index in [0.29, 0.717) is 5.95 Å². The number of nitrogens with zero attached hydrogens (tertiary/aromatic N) is 2. The molecule has 4 nitrogen and oxygen atoms in total. The first kappa shape index (κ1) is 12.3. The largest absolute Gasteiger partial charge is 0.497 e. The summed E-state index contributed by atoms with van der Waals surface area (Å²) in [4.78, 5) is 4.45. The number of imidazole rings is 1. The maximum absolute atomic E-state index is 6.08. The summed E-state index contributed by atoms with van der Waals surface area (Å²) < 4.78 is 7.39. The molecule has 0 saturated heterocycles. The van der Waals surface area contributed by atoms with Crippen LogP contribution in [0.1, 0.15) is 26.2 Å². The Hall–Kier alpha value is -1.71. The summed E-state index contributed by atoms with van der Waals surface area (Å²) in [6.45, 7) is 3.33. The topological polar surface area (TPSA) is 53.1 Å². The summed E-state index contributed by atoms with van der Waals surface area (Å²) in [5.41, 5.74) is 8.11. The van der Waals surface area contributed by atoms with Gasteiger partial charge in [-0.15, -0.1) is 0 Å². The summed E-state index contributed by atoms with van der Waals surface area (Å²) in [7, 11) is 1.67. The molecule has 4 heteroatoms. The van der Waals surface area contributed by atoms with Crippen molar-refractivity contribution < 1.29 is 4.74 Å². The third-order valence-electron chi connectivity index (χ3n) is 4.44. The molecule has 1 aliphatic rings. The quantitative estimate of drug-likeness (QED) is 0.921. The Labute approximate surface area is 113 Å². The van der Waals surface area contributed by atoms with Crippen LogP contribution in [0, 0.1) is 11.8 Å². The van der Waals surface area contributed by atoms with Crippen molar-refractivity contribution >= 4 is 17.0 Å². The molecule has 2 aromatic rings. The number of benzene rings is 1. The highest BCUT2D eigenvalue weighted by atomic mass is 16.5. The van der Waals surface area contributed by atoms with Crippen LogP contribution < -0.4 is 10.5 Å². The number of aromatic nitrogens is 2. The number of anilines is 1. The minimum absolute atomic E-state index is 0.613. The Morgan fingerprint density at radius 1 is 1.42 bits per heavy atom. The number of ether oxygens (including phenoxy) is 1. The summed E-state index contributed by atoms with van der Waals surface area (Å²) >= 11 is 0. The molecule has 1 aromatic heterocycles. The van der Waals surface area contributed by atoms with E-state index in [9.17, 15) is 0 Å². The third kappa shape index (κ3) is 2.15. The van der Waals surface area contributed by atoms with E-state index < -0.39 is 0 Å². The van der Waals surface area contributed by atoms with Gasteiger partial charge in [0.15, 0.2) is 0 Å². The van der Waals surface area contributed by atoms with E-state index in [1.807, 2.05) is 12.1 Å². The van der Waals surface area contributed by atoms with Gasteiger partial charge in [-0.1, -0.05) is 19.8 Å². The van der Waals surface area contributed by atoms with Crippen LogP contribution in [0.25, 0.3) is 11.0 Å². The van der Waals surface area contributed by atoms with Gasteiger partial charge < -0.3 is 15.0 Å². The fourth-order valence-corrected chi connectivity index (χ4v) is 3.18. The van der Waals surface area contributed by atoms with Crippen molar-refractivity contribution in [2.45, 2.75) is 32.7 Å². The van der Waals surface area contributed by atoms with Gasteiger partial charge in [0.05, 0.1) is 18.1 Å². The molecule has 2 unspecified atom stereocenters. The normalized spacial score (nSPS) is 23.1. The molecule has 1 aliphatic carbocycles. The molecule has 2 atom stereocenters. The van der Waals surface area contributed by atoms with Crippen molar-refractivity contribution in [3.63, 3.8) is 0 Å². The minimum atomic E-state index is 0.613. The van der Waals surface area contributed by atoms with Gasteiger partial charge in [0, 0.05) is 12.6 Å². The smallest absolute Gasteiger partial charge is 0.201 e. The Kier molecular flexibility index (Phi) is 3.09. The fraction of sp³-hybridized carbons (Fsp3) is 0.533. The second-order valence-corrected chi connectivity index (χ2v) is 5.60. The van der Waals surface area contributed by atoms with Gasteiger partial charge >= 0.3 is 0 Å². The van der Waals surface area contributed by atoms with Gasteiger partial charge in [-0.2, -0.15) is 0 Å². The second-order valence-electron chi connectivity index (χ2n) is 5.60. The highest BCUT2D eigenvalue weighted by molar-refractivity contribution is 5.79. The summed E-state index contributed by atoms with van der Waals surface area (Å²) in [5, 5.41) is 0. The monoisotopic (exact) mass is 259 g/mol. The van der Waals surface area contributed by atoms with E-state index in [4.69, 9.17) is 10.5 Å². The third-order valence-corrected chi connectivity index (χ3v) is 4.44. The van der Waals surface area contributed by atoms with Crippen LogP contribution in [-0.4, -0.2) is 16.7 Å². The van der Waals surface area contributed by atoms with Crippen molar-refractivity contribution in [2.75, 3.05) is 12.8 Å². The predicted molar refractivity (Wildman–Crippen MR) is 77.2 cm³/mol. The maximum atomic E-state index is 6.08. The van der Waals surface area contributed by atoms with Crippen LogP contribution in [0.2, 0.25) is 0 Å². The molecule has 0 bridgehead atoms. The van der Waals surface area contributed by atoms with Gasteiger partial charge in [-0.3, -0.25) is 0 Å². The van der Waals surface area contributed by atoms with Crippen LogP contribution in [0.5, 0.6) is 5.75 Å². The lowest BCUT2D eigenvalue weighted by atomic mass is 9.98. The number of hydrogen-bond donors (Lipinski definition) is 1. The standard InChI is InChI=1S/C15H21N3O/c1-10-4-3-5-11(10)9-18-14-7-6-12(19-2)8-13(14)17-15(18)16/h6-8,10-11H,3-5,9H2,1-2H3,(H2,16,17). The van der Waals surface area contributed by atoms with E-state index in [-0.39, 0.29) is 0 Å². The molecule has 0 radical (unpaired) electrons. The van der Waals surface area contributed by atoms with Gasteiger partial charge in [0.2, 0.25) is 5.95 Å². The second kappa shape index (κ2) is 4.76. The molecule has 1 heterocycles. The molecule has 1 aromatic carbocycles. The zero-order valence-electron chi connectivity index (χ0n) is 11.6. The summed E-state index contributed by atoms with van der Waals surface area (Å²) in [5.74, 6) is 2.95. The molecule has 0 aliphatic heterocycles. The molecule has 19 heavy (non-hydrogen) atoms. The molecule has 1 saturated carbocycles. The average molecular weight is 259 g/mol. The van der Waals surface area contributed by atoms with E-state index >= 15 is 0 Å². The number of nitrogens with two attached hydrogens (primary N) is 1. The minimum Gasteiger partial charge on any atom is -0.497 e. The molecular weight excluding hydrogens is 238 g/mol. The highest BCUT2D eigenvalue weighted by Gasteiger charge is 2.25. The van der Waals surface area contributed by atoms with E-state index in [0.717, 1.165) is 35.2 Å². The Morgan fingerprint density at radius 2 is 2.26 bits per heavy atom. The number of methoxy groups -OCH3 is 1. The zero-order valence-corrected chi connectivity index (χ0v) is 11.6. The maximum Gasteiger partial charge on any atom is 0.201 e. The number of nitrogen functional groups attached to an aromatic ring is 1. The van der Waals surface area contributed by atoms with E-state index in [2.05, 4.69) is 22.5 Å². The lowest BCUT2D eigenvalue weighted by molar-refractivity contribution is 0.370.